The van der Waals surface area contributed by atoms with E-state index in [2.05, 4.69) is 23.7 Å². The first kappa shape index (κ1) is 10.1. The maximum Gasteiger partial charge on any atom is 0.118 e. The van der Waals surface area contributed by atoms with E-state index < -0.39 is 0 Å². The van der Waals surface area contributed by atoms with Gasteiger partial charge in [-0.05, 0) is 49.6 Å². The fourth-order valence-electron chi connectivity index (χ4n) is 1.52. The van der Waals surface area contributed by atoms with Crippen LogP contribution in [0.5, 0.6) is 0 Å². The number of likely N-dealkylation sites (N-methyl/N-ethyl adjacent to an activating group) is 1. The number of rotatable bonds is 4. The molecule has 0 spiro atoms. The zero-order chi connectivity index (χ0) is 9.97. The van der Waals surface area contributed by atoms with Gasteiger partial charge in [0.1, 0.15) is 5.76 Å². The summed E-state index contributed by atoms with van der Waals surface area (Å²) in [5.41, 5.74) is 0. The van der Waals surface area contributed by atoms with Crippen molar-refractivity contribution in [2.45, 2.75) is 31.4 Å². The molecule has 78 valence electrons. The topological polar surface area (TPSA) is 21.3 Å². The molecule has 1 fully saturated rings. The highest BCUT2D eigenvalue weighted by molar-refractivity contribution is 8.02. The molecule has 0 amide bonds. The van der Waals surface area contributed by atoms with Crippen molar-refractivity contribution in [1.82, 2.24) is 5.32 Å². The van der Waals surface area contributed by atoms with Crippen LogP contribution in [-0.4, -0.2) is 25.4 Å². The minimum absolute atomic E-state index is 0.441. The number of hydrogen-bond acceptors (Lipinski definition) is 3. The second kappa shape index (κ2) is 4.41. The molecule has 2 aliphatic carbocycles. The molecule has 0 saturated heterocycles. The van der Waals surface area contributed by atoms with Gasteiger partial charge < -0.3 is 10.1 Å². The van der Waals surface area contributed by atoms with Crippen LogP contribution in [0.2, 0.25) is 0 Å². The number of ether oxygens (including phenoxy) is 1. The fraction of sp³-hybridized carbons (Fsp3) is 0.636. The van der Waals surface area contributed by atoms with E-state index in [1.54, 1.807) is 0 Å². The van der Waals surface area contributed by atoms with Crippen LogP contribution in [0.15, 0.2) is 22.8 Å². The summed E-state index contributed by atoms with van der Waals surface area (Å²) < 4.78 is 5.80. The van der Waals surface area contributed by atoms with Crippen molar-refractivity contribution in [3.05, 3.63) is 22.8 Å². The fourth-order valence-corrected chi connectivity index (χ4v) is 2.10. The summed E-state index contributed by atoms with van der Waals surface area (Å²) in [7, 11) is 2.00. The molecule has 3 heteroatoms. The lowest BCUT2D eigenvalue weighted by molar-refractivity contribution is 0.205. The van der Waals surface area contributed by atoms with Crippen molar-refractivity contribution in [2.75, 3.05) is 13.3 Å². The Morgan fingerprint density at radius 2 is 2.29 bits per heavy atom. The van der Waals surface area contributed by atoms with Gasteiger partial charge in [-0.2, -0.15) is 0 Å². The molecule has 0 aromatic rings. The molecule has 1 saturated carbocycles. The Bertz CT molecular complexity index is 268. The monoisotopic (exact) mass is 211 g/mol. The molecule has 2 aliphatic rings. The zero-order valence-electron chi connectivity index (χ0n) is 8.75. The van der Waals surface area contributed by atoms with E-state index in [9.17, 15) is 0 Å². The number of hydrogen-bond donors (Lipinski definition) is 1. The van der Waals surface area contributed by atoms with Gasteiger partial charge in [0.05, 0.1) is 6.10 Å². The third-order valence-corrected chi connectivity index (χ3v) is 3.36. The summed E-state index contributed by atoms with van der Waals surface area (Å²) in [6, 6.07) is 0.441. The number of thioether (sulfide) groups is 1. The minimum Gasteiger partial charge on any atom is -0.491 e. The average Bonchev–Trinajstić information content (AvgIpc) is 3.01. The van der Waals surface area contributed by atoms with E-state index in [0.717, 1.165) is 12.2 Å². The van der Waals surface area contributed by atoms with E-state index in [-0.39, 0.29) is 0 Å². The number of allylic oxidation sites excluding steroid dienone is 1. The van der Waals surface area contributed by atoms with Gasteiger partial charge >= 0.3 is 0 Å². The summed E-state index contributed by atoms with van der Waals surface area (Å²) >= 11 is 1.82. The van der Waals surface area contributed by atoms with E-state index in [4.69, 9.17) is 4.74 Å². The Kier molecular flexibility index (Phi) is 3.19. The summed E-state index contributed by atoms with van der Waals surface area (Å²) in [6.45, 7) is 0. The van der Waals surface area contributed by atoms with Gasteiger partial charge in [0.25, 0.3) is 0 Å². The molecule has 0 aromatic carbocycles. The second-order valence-corrected chi connectivity index (χ2v) is 4.73. The van der Waals surface area contributed by atoms with E-state index in [1.165, 1.54) is 17.7 Å². The van der Waals surface area contributed by atoms with Crippen molar-refractivity contribution in [3.63, 3.8) is 0 Å². The largest absolute Gasteiger partial charge is 0.491 e. The van der Waals surface area contributed by atoms with Crippen LogP contribution in [0, 0.1) is 0 Å². The SMILES string of the molecule is CNC1C=C(OC2CC2)C=C(SC)C1. The molecule has 0 bridgehead atoms. The maximum atomic E-state index is 5.80. The van der Waals surface area contributed by atoms with E-state index >= 15 is 0 Å². The lowest BCUT2D eigenvalue weighted by Gasteiger charge is -2.20. The van der Waals surface area contributed by atoms with Crippen LogP contribution in [0.3, 0.4) is 0 Å². The Hall–Kier alpha value is -0.410. The van der Waals surface area contributed by atoms with Gasteiger partial charge in [0.2, 0.25) is 0 Å². The third-order valence-electron chi connectivity index (χ3n) is 2.55. The molecular weight excluding hydrogens is 194 g/mol. The Balaban J connectivity index is 2.02. The molecule has 14 heavy (non-hydrogen) atoms. The lowest BCUT2D eigenvalue weighted by Crippen LogP contribution is -2.25. The van der Waals surface area contributed by atoms with Gasteiger partial charge in [-0.3, -0.25) is 0 Å². The molecule has 2 nitrogen and oxygen atoms in total. The van der Waals surface area contributed by atoms with Gasteiger partial charge in [-0.25, -0.2) is 0 Å². The van der Waals surface area contributed by atoms with E-state index in [1.807, 2.05) is 18.8 Å². The first-order valence-electron chi connectivity index (χ1n) is 5.12. The first-order chi connectivity index (χ1) is 6.81. The molecule has 0 aliphatic heterocycles. The van der Waals surface area contributed by atoms with Gasteiger partial charge in [-0.15, -0.1) is 11.8 Å². The molecule has 1 N–H and O–H groups in total. The van der Waals surface area contributed by atoms with Gasteiger partial charge in [0.15, 0.2) is 0 Å². The molecule has 1 unspecified atom stereocenters. The third kappa shape index (κ3) is 2.55. The molecule has 0 heterocycles. The molecule has 2 rings (SSSR count). The maximum absolute atomic E-state index is 5.80. The quantitative estimate of drug-likeness (QED) is 0.771. The molecule has 0 radical (unpaired) electrons. The summed E-state index contributed by atoms with van der Waals surface area (Å²) in [6.07, 6.45) is 10.5. The average molecular weight is 211 g/mol. The van der Waals surface area contributed by atoms with Crippen molar-refractivity contribution < 1.29 is 4.74 Å². The van der Waals surface area contributed by atoms with Crippen molar-refractivity contribution >= 4 is 11.8 Å². The Labute approximate surface area is 89.8 Å². The van der Waals surface area contributed by atoms with Crippen LogP contribution in [0.25, 0.3) is 0 Å². The van der Waals surface area contributed by atoms with Crippen LogP contribution >= 0.6 is 11.8 Å². The Morgan fingerprint density at radius 3 is 2.86 bits per heavy atom. The molecule has 0 aromatic heterocycles. The van der Waals surface area contributed by atoms with Gasteiger partial charge in [0, 0.05) is 6.04 Å². The second-order valence-electron chi connectivity index (χ2n) is 3.80. The van der Waals surface area contributed by atoms with Crippen LogP contribution in [0.4, 0.5) is 0 Å². The normalized spacial score (nSPS) is 26.9. The Morgan fingerprint density at radius 1 is 1.50 bits per heavy atom. The van der Waals surface area contributed by atoms with Crippen molar-refractivity contribution in [2.24, 2.45) is 0 Å². The van der Waals surface area contributed by atoms with Crippen LogP contribution < -0.4 is 5.32 Å². The summed E-state index contributed by atoms with van der Waals surface area (Å²) in [5, 5.41) is 3.28. The lowest BCUT2D eigenvalue weighted by atomic mass is 10.1. The van der Waals surface area contributed by atoms with Crippen molar-refractivity contribution in [3.8, 4) is 0 Å². The number of nitrogens with one attached hydrogen (secondary N) is 1. The van der Waals surface area contributed by atoms with Crippen molar-refractivity contribution in [1.29, 1.82) is 0 Å². The highest BCUT2D eigenvalue weighted by Gasteiger charge is 2.25. The highest BCUT2D eigenvalue weighted by atomic mass is 32.2. The zero-order valence-corrected chi connectivity index (χ0v) is 9.56. The van der Waals surface area contributed by atoms with Crippen LogP contribution in [-0.2, 0) is 4.74 Å². The standard InChI is InChI=1S/C11H17NOS/c1-12-8-5-10(13-9-3-4-9)7-11(6-8)14-2/h5,7-9,12H,3-4,6H2,1-2H3. The molecule has 1 atom stereocenters. The predicted molar refractivity (Wildman–Crippen MR) is 61.3 cm³/mol. The highest BCUT2D eigenvalue weighted by Crippen LogP contribution is 2.31. The predicted octanol–water partition coefficient (Wildman–Crippen LogP) is 2.29. The smallest absolute Gasteiger partial charge is 0.118 e. The van der Waals surface area contributed by atoms with Crippen LogP contribution in [0.1, 0.15) is 19.3 Å². The summed E-state index contributed by atoms with van der Waals surface area (Å²) in [4.78, 5) is 1.41. The first-order valence-corrected chi connectivity index (χ1v) is 6.34. The minimum atomic E-state index is 0.441. The molecular formula is C11H17NOS. The summed E-state index contributed by atoms with van der Waals surface area (Å²) in [5.74, 6) is 1.06. The van der Waals surface area contributed by atoms with E-state index in [0.29, 0.717) is 12.1 Å². The van der Waals surface area contributed by atoms with Gasteiger partial charge in [-0.1, -0.05) is 0 Å².